The number of anilines is 1. The molecule has 0 saturated heterocycles. The predicted octanol–water partition coefficient (Wildman–Crippen LogP) is 2.41. The molecule has 2 aromatic rings. The van der Waals surface area contributed by atoms with Gasteiger partial charge in [0, 0.05) is 30.0 Å². The molecular weight excluding hydrogens is 342 g/mol. The minimum absolute atomic E-state index is 0.00616. The number of halogens is 3. The quantitative estimate of drug-likeness (QED) is 0.677. The number of hydrogen-bond acceptors (Lipinski definition) is 5. The number of rotatable bonds is 4. The number of benzene rings is 1. The van der Waals surface area contributed by atoms with Gasteiger partial charge in [-0.3, -0.25) is 0 Å². The number of aromatic nitrogens is 1. The number of nitrogens with zero attached hydrogens (tertiary/aromatic N) is 1. The third kappa shape index (κ3) is 3.55. The summed E-state index contributed by atoms with van der Waals surface area (Å²) in [6.45, 7) is 0. The standard InChI is InChI=1S/C12H9ClF2N2O4S/c1-17-6-8(22(13,19)20)5-11(17)12(18)21-16-7-2-3-9(14)10(15)4-7/h2-6,16H,1H3. The zero-order chi connectivity index (χ0) is 16.5. The second-order valence-corrected chi connectivity index (χ2v) is 6.80. The first-order valence-corrected chi connectivity index (χ1v) is 8.02. The van der Waals surface area contributed by atoms with Gasteiger partial charge in [-0.1, -0.05) is 0 Å². The van der Waals surface area contributed by atoms with E-state index in [2.05, 4.69) is 10.3 Å². The van der Waals surface area contributed by atoms with Gasteiger partial charge in [-0.05, 0) is 18.2 Å². The first-order chi connectivity index (χ1) is 10.2. The van der Waals surface area contributed by atoms with Crippen LogP contribution in [0.4, 0.5) is 14.5 Å². The predicted molar refractivity (Wildman–Crippen MR) is 73.8 cm³/mol. The smallest absolute Gasteiger partial charge is 0.344 e. The van der Waals surface area contributed by atoms with E-state index in [-0.39, 0.29) is 16.3 Å². The Bertz CT molecular complexity index is 836. The fourth-order valence-electron chi connectivity index (χ4n) is 1.59. The molecule has 1 N–H and O–H groups in total. The minimum atomic E-state index is -3.98. The van der Waals surface area contributed by atoms with Gasteiger partial charge < -0.3 is 9.40 Å². The summed E-state index contributed by atoms with van der Waals surface area (Å²) in [6.07, 6.45) is 1.14. The Morgan fingerprint density at radius 1 is 1.27 bits per heavy atom. The van der Waals surface area contributed by atoms with Gasteiger partial charge in [-0.2, -0.15) is 0 Å². The molecule has 118 valence electrons. The van der Waals surface area contributed by atoms with Gasteiger partial charge in [-0.15, -0.1) is 0 Å². The second kappa shape index (κ2) is 5.93. The highest BCUT2D eigenvalue weighted by Gasteiger charge is 2.20. The Morgan fingerprint density at radius 3 is 2.50 bits per heavy atom. The third-order valence-electron chi connectivity index (χ3n) is 2.65. The van der Waals surface area contributed by atoms with Crippen LogP contribution in [0.25, 0.3) is 0 Å². The Hall–Kier alpha value is -2.13. The summed E-state index contributed by atoms with van der Waals surface area (Å²) in [5.74, 6) is -3.09. The van der Waals surface area contributed by atoms with Crippen molar-refractivity contribution in [3.8, 4) is 0 Å². The number of carbonyl (C=O) groups excluding carboxylic acids is 1. The molecule has 0 atom stereocenters. The molecule has 0 unspecified atom stereocenters. The van der Waals surface area contributed by atoms with Crippen molar-refractivity contribution in [3.63, 3.8) is 0 Å². The highest BCUT2D eigenvalue weighted by atomic mass is 35.7. The largest absolute Gasteiger partial charge is 0.379 e. The van der Waals surface area contributed by atoms with Gasteiger partial charge in [-0.25, -0.2) is 27.5 Å². The van der Waals surface area contributed by atoms with Gasteiger partial charge in [0.05, 0.1) is 5.69 Å². The summed E-state index contributed by atoms with van der Waals surface area (Å²) in [4.78, 5) is 16.2. The Morgan fingerprint density at radius 2 is 1.95 bits per heavy atom. The summed E-state index contributed by atoms with van der Waals surface area (Å²) < 4.78 is 49.3. The van der Waals surface area contributed by atoms with Crippen molar-refractivity contribution in [2.45, 2.75) is 4.90 Å². The van der Waals surface area contributed by atoms with Crippen LogP contribution in [0, 0.1) is 11.6 Å². The molecule has 6 nitrogen and oxygen atoms in total. The first-order valence-electron chi connectivity index (χ1n) is 5.72. The van der Waals surface area contributed by atoms with E-state index in [1.54, 1.807) is 0 Å². The summed E-state index contributed by atoms with van der Waals surface area (Å²) in [6, 6.07) is 3.83. The molecule has 22 heavy (non-hydrogen) atoms. The maximum absolute atomic E-state index is 13.0. The second-order valence-electron chi connectivity index (χ2n) is 4.23. The van der Waals surface area contributed by atoms with E-state index < -0.39 is 26.7 Å². The molecule has 0 radical (unpaired) electrons. The van der Waals surface area contributed by atoms with Crippen molar-refractivity contribution >= 4 is 31.4 Å². The molecule has 0 saturated carbocycles. The SMILES string of the molecule is Cn1cc(S(=O)(=O)Cl)cc1C(=O)ONc1ccc(F)c(F)c1. The van der Waals surface area contributed by atoms with Crippen LogP contribution in [0.5, 0.6) is 0 Å². The van der Waals surface area contributed by atoms with Crippen molar-refractivity contribution in [3.05, 3.63) is 47.8 Å². The lowest BCUT2D eigenvalue weighted by Gasteiger charge is -2.07. The summed E-state index contributed by atoms with van der Waals surface area (Å²) in [7, 11) is 2.60. The highest BCUT2D eigenvalue weighted by molar-refractivity contribution is 8.13. The molecule has 1 aromatic heterocycles. The molecule has 0 aliphatic rings. The molecule has 1 aromatic carbocycles. The zero-order valence-corrected chi connectivity index (χ0v) is 12.6. The summed E-state index contributed by atoms with van der Waals surface area (Å²) >= 11 is 0. The molecular formula is C12H9ClF2N2O4S. The van der Waals surface area contributed by atoms with Crippen molar-refractivity contribution in [2.75, 3.05) is 5.48 Å². The maximum Gasteiger partial charge on any atom is 0.379 e. The summed E-state index contributed by atoms with van der Waals surface area (Å²) in [5, 5.41) is 0. The Labute approximate surface area is 128 Å². The van der Waals surface area contributed by atoms with Crippen LogP contribution >= 0.6 is 10.7 Å². The lowest BCUT2D eigenvalue weighted by molar-refractivity contribution is 0.0585. The fourth-order valence-corrected chi connectivity index (χ4v) is 2.38. The van der Waals surface area contributed by atoms with Crippen molar-refractivity contribution in [1.29, 1.82) is 0 Å². The number of hydrogen-bond donors (Lipinski definition) is 1. The first kappa shape index (κ1) is 16.2. The molecule has 0 spiro atoms. The van der Waals surface area contributed by atoms with E-state index in [0.717, 1.165) is 30.5 Å². The topological polar surface area (TPSA) is 77.4 Å². The zero-order valence-electron chi connectivity index (χ0n) is 11.0. The van der Waals surface area contributed by atoms with E-state index in [1.165, 1.54) is 11.6 Å². The van der Waals surface area contributed by atoms with Crippen LogP contribution in [0.15, 0.2) is 35.4 Å². The van der Waals surface area contributed by atoms with Crippen LogP contribution in [0.3, 0.4) is 0 Å². The van der Waals surface area contributed by atoms with Crippen LogP contribution in [-0.2, 0) is 20.9 Å². The molecule has 0 aliphatic heterocycles. The number of nitrogens with one attached hydrogen (secondary N) is 1. The molecule has 0 aliphatic carbocycles. The van der Waals surface area contributed by atoms with Gasteiger partial charge in [0.2, 0.25) is 0 Å². The lowest BCUT2D eigenvalue weighted by Crippen LogP contribution is -2.14. The van der Waals surface area contributed by atoms with Crippen molar-refractivity contribution in [2.24, 2.45) is 7.05 Å². The average Bonchev–Trinajstić information content (AvgIpc) is 2.82. The number of carbonyl (C=O) groups is 1. The van der Waals surface area contributed by atoms with Crippen LogP contribution in [0.2, 0.25) is 0 Å². The molecule has 0 bridgehead atoms. The van der Waals surface area contributed by atoms with Crippen LogP contribution < -0.4 is 5.48 Å². The van der Waals surface area contributed by atoms with Crippen LogP contribution in [0.1, 0.15) is 10.5 Å². The molecule has 2 rings (SSSR count). The maximum atomic E-state index is 13.0. The minimum Gasteiger partial charge on any atom is -0.344 e. The van der Waals surface area contributed by atoms with E-state index in [1.807, 2.05) is 0 Å². The van der Waals surface area contributed by atoms with Gasteiger partial charge in [0.1, 0.15) is 10.6 Å². The average molecular weight is 351 g/mol. The third-order valence-corrected chi connectivity index (χ3v) is 3.97. The fraction of sp³-hybridized carbons (Fsp3) is 0.0833. The Kier molecular flexibility index (Phi) is 4.38. The van der Waals surface area contributed by atoms with E-state index in [4.69, 9.17) is 10.7 Å². The van der Waals surface area contributed by atoms with E-state index >= 15 is 0 Å². The monoisotopic (exact) mass is 350 g/mol. The highest BCUT2D eigenvalue weighted by Crippen LogP contribution is 2.19. The van der Waals surface area contributed by atoms with E-state index in [0.29, 0.717) is 0 Å². The molecule has 1 heterocycles. The molecule has 0 amide bonds. The Balaban J connectivity index is 2.13. The number of aryl methyl sites for hydroxylation is 1. The van der Waals surface area contributed by atoms with E-state index in [9.17, 15) is 22.0 Å². The van der Waals surface area contributed by atoms with Gasteiger partial charge >= 0.3 is 5.97 Å². The van der Waals surface area contributed by atoms with Gasteiger partial charge in [0.25, 0.3) is 9.05 Å². The normalized spacial score (nSPS) is 11.3. The van der Waals surface area contributed by atoms with Crippen molar-refractivity contribution in [1.82, 2.24) is 4.57 Å². The summed E-state index contributed by atoms with van der Waals surface area (Å²) in [5.41, 5.74) is 2.04. The lowest BCUT2D eigenvalue weighted by atomic mass is 10.3. The molecule has 10 heteroatoms. The van der Waals surface area contributed by atoms with Crippen LogP contribution in [-0.4, -0.2) is 19.0 Å². The van der Waals surface area contributed by atoms with Gasteiger partial charge in [0.15, 0.2) is 11.6 Å². The van der Waals surface area contributed by atoms with Crippen molar-refractivity contribution < 1.29 is 26.8 Å². The molecule has 0 fully saturated rings.